The van der Waals surface area contributed by atoms with Gasteiger partial charge in [0.25, 0.3) is 0 Å². The third kappa shape index (κ3) is 3.20. The number of hydrogen-bond donors (Lipinski definition) is 0. The van der Waals surface area contributed by atoms with Gasteiger partial charge in [-0.05, 0) is 19.4 Å². The second-order valence-corrected chi connectivity index (χ2v) is 2.65. The van der Waals surface area contributed by atoms with E-state index in [2.05, 4.69) is 50.9 Å². The second-order valence-electron chi connectivity index (χ2n) is 2.65. The highest BCUT2D eigenvalue weighted by Gasteiger charge is 1.89. The molecule has 0 bridgehead atoms. The minimum Gasteiger partial charge on any atom is -0.106 e. The van der Waals surface area contributed by atoms with Gasteiger partial charge in [-0.3, -0.25) is 0 Å². The SMILES string of the molecule is C=C.C=C(C)c1ccc(C)cc1. The summed E-state index contributed by atoms with van der Waals surface area (Å²) in [5, 5.41) is 0. The predicted octanol–water partition coefficient (Wildman–Crippen LogP) is 3.83. The Labute approximate surface area is 75.2 Å². The zero-order valence-corrected chi connectivity index (χ0v) is 7.93. The highest BCUT2D eigenvalue weighted by molar-refractivity contribution is 5.61. The molecule has 0 spiro atoms. The maximum atomic E-state index is 3.86. The normalized spacial score (nSPS) is 8.17. The average molecular weight is 160 g/mol. The van der Waals surface area contributed by atoms with Gasteiger partial charge in [0.05, 0.1) is 0 Å². The fourth-order valence-electron chi connectivity index (χ4n) is 0.838. The maximum Gasteiger partial charge on any atom is -0.0233 e. The standard InChI is InChI=1S/C10H12.C2H4/c1-8(2)10-6-4-9(3)5-7-10;1-2/h4-7H,1H2,2-3H3;1-2H2. The van der Waals surface area contributed by atoms with E-state index >= 15 is 0 Å². The minimum atomic E-state index is 1.13. The molecule has 0 nitrogen and oxygen atoms in total. The molecule has 0 atom stereocenters. The summed E-state index contributed by atoms with van der Waals surface area (Å²) >= 11 is 0. The summed E-state index contributed by atoms with van der Waals surface area (Å²) in [7, 11) is 0. The van der Waals surface area contributed by atoms with Crippen molar-refractivity contribution < 1.29 is 0 Å². The zero-order chi connectivity index (χ0) is 9.56. The van der Waals surface area contributed by atoms with Gasteiger partial charge < -0.3 is 0 Å². The van der Waals surface area contributed by atoms with Gasteiger partial charge in [0.2, 0.25) is 0 Å². The molecular formula is C12H16. The van der Waals surface area contributed by atoms with Gasteiger partial charge in [-0.1, -0.05) is 42.0 Å². The fraction of sp³-hybridized carbons (Fsp3) is 0.167. The van der Waals surface area contributed by atoms with Gasteiger partial charge >= 0.3 is 0 Å². The molecule has 1 aromatic rings. The second kappa shape index (κ2) is 5.36. The quantitative estimate of drug-likeness (QED) is 0.548. The van der Waals surface area contributed by atoms with Gasteiger partial charge in [0, 0.05) is 0 Å². The molecule has 0 unspecified atom stereocenters. The fourth-order valence-corrected chi connectivity index (χ4v) is 0.838. The Balaban J connectivity index is 0.000000561. The highest BCUT2D eigenvalue weighted by Crippen LogP contribution is 2.11. The monoisotopic (exact) mass is 160 g/mol. The summed E-state index contributed by atoms with van der Waals surface area (Å²) in [5.41, 5.74) is 3.65. The van der Waals surface area contributed by atoms with Crippen molar-refractivity contribution in [3.05, 3.63) is 55.1 Å². The molecule has 0 fully saturated rings. The third-order valence-electron chi connectivity index (χ3n) is 1.54. The molecule has 0 saturated carbocycles. The first-order valence-corrected chi connectivity index (χ1v) is 3.92. The summed E-state index contributed by atoms with van der Waals surface area (Å²) < 4.78 is 0. The van der Waals surface area contributed by atoms with Crippen molar-refractivity contribution in [2.45, 2.75) is 13.8 Å². The lowest BCUT2D eigenvalue weighted by atomic mass is 10.1. The van der Waals surface area contributed by atoms with Crippen LogP contribution in [-0.4, -0.2) is 0 Å². The van der Waals surface area contributed by atoms with Crippen LogP contribution in [0.15, 0.2) is 44.0 Å². The molecule has 1 aromatic carbocycles. The van der Waals surface area contributed by atoms with Crippen molar-refractivity contribution in [1.82, 2.24) is 0 Å². The first-order valence-electron chi connectivity index (χ1n) is 3.92. The number of aryl methyl sites for hydroxylation is 1. The molecular weight excluding hydrogens is 144 g/mol. The van der Waals surface area contributed by atoms with E-state index in [0.717, 1.165) is 5.57 Å². The molecule has 0 amide bonds. The van der Waals surface area contributed by atoms with E-state index in [4.69, 9.17) is 0 Å². The van der Waals surface area contributed by atoms with Crippen LogP contribution < -0.4 is 0 Å². The lowest BCUT2D eigenvalue weighted by Gasteiger charge is -1.98. The van der Waals surface area contributed by atoms with E-state index in [1.165, 1.54) is 11.1 Å². The molecule has 0 N–H and O–H groups in total. The van der Waals surface area contributed by atoms with Crippen molar-refractivity contribution in [2.24, 2.45) is 0 Å². The molecule has 0 saturated heterocycles. The summed E-state index contributed by atoms with van der Waals surface area (Å²) in [6.07, 6.45) is 0. The minimum absolute atomic E-state index is 1.13. The van der Waals surface area contributed by atoms with Gasteiger partial charge in [0.15, 0.2) is 0 Å². The van der Waals surface area contributed by atoms with Crippen LogP contribution >= 0.6 is 0 Å². The molecule has 0 aliphatic heterocycles. The number of allylic oxidation sites excluding steroid dienone is 1. The molecule has 64 valence electrons. The van der Waals surface area contributed by atoms with E-state index in [9.17, 15) is 0 Å². The molecule has 0 aromatic heterocycles. The number of hydrogen-bond acceptors (Lipinski definition) is 0. The lowest BCUT2D eigenvalue weighted by molar-refractivity contribution is 1.45. The van der Waals surface area contributed by atoms with Gasteiger partial charge in [-0.2, -0.15) is 0 Å². The Kier molecular flexibility index (Phi) is 4.78. The highest BCUT2D eigenvalue weighted by atomic mass is 13.9. The van der Waals surface area contributed by atoms with Crippen LogP contribution in [0, 0.1) is 6.92 Å². The van der Waals surface area contributed by atoms with Crippen molar-refractivity contribution in [3.63, 3.8) is 0 Å². The summed E-state index contributed by atoms with van der Waals surface area (Å²) in [5.74, 6) is 0. The molecule has 1 rings (SSSR count). The van der Waals surface area contributed by atoms with E-state index in [1.807, 2.05) is 6.92 Å². The first-order chi connectivity index (χ1) is 5.70. The number of rotatable bonds is 1. The smallest absolute Gasteiger partial charge is 0.0233 e. The first kappa shape index (κ1) is 10.7. The van der Waals surface area contributed by atoms with Crippen LogP contribution in [0.3, 0.4) is 0 Å². The molecule has 0 aliphatic carbocycles. The van der Waals surface area contributed by atoms with Gasteiger partial charge in [0.1, 0.15) is 0 Å². The Hall–Kier alpha value is -1.30. The Morgan fingerprint density at radius 3 is 1.83 bits per heavy atom. The molecule has 0 aliphatic rings. The Morgan fingerprint density at radius 2 is 1.50 bits per heavy atom. The zero-order valence-electron chi connectivity index (χ0n) is 7.93. The third-order valence-corrected chi connectivity index (χ3v) is 1.54. The van der Waals surface area contributed by atoms with Crippen molar-refractivity contribution in [3.8, 4) is 0 Å². The van der Waals surface area contributed by atoms with E-state index in [1.54, 1.807) is 0 Å². The molecule has 12 heavy (non-hydrogen) atoms. The van der Waals surface area contributed by atoms with Crippen LogP contribution in [0.4, 0.5) is 0 Å². The van der Waals surface area contributed by atoms with E-state index in [-0.39, 0.29) is 0 Å². The van der Waals surface area contributed by atoms with Crippen LogP contribution in [0.2, 0.25) is 0 Å². The molecule has 0 heteroatoms. The Bertz CT molecular complexity index is 241. The largest absolute Gasteiger partial charge is 0.106 e. The number of benzene rings is 1. The summed E-state index contributed by atoms with van der Waals surface area (Å²) in [4.78, 5) is 0. The van der Waals surface area contributed by atoms with E-state index in [0.29, 0.717) is 0 Å². The molecule has 0 heterocycles. The lowest BCUT2D eigenvalue weighted by Crippen LogP contribution is -1.76. The summed E-state index contributed by atoms with van der Waals surface area (Å²) in [6.45, 7) is 14.0. The van der Waals surface area contributed by atoms with Crippen LogP contribution in [0.1, 0.15) is 18.1 Å². The molecule has 0 radical (unpaired) electrons. The predicted molar refractivity (Wildman–Crippen MR) is 57.1 cm³/mol. The van der Waals surface area contributed by atoms with E-state index < -0.39 is 0 Å². The van der Waals surface area contributed by atoms with Crippen molar-refractivity contribution >= 4 is 5.57 Å². The maximum absolute atomic E-state index is 3.86. The van der Waals surface area contributed by atoms with Crippen molar-refractivity contribution in [1.29, 1.82) is 0 Å². The van der Waals surface area contributed by atoms with Crippen molar-refractivity contribution in [2.75, 3.05) is 0 Å². The van der Waals surface area contributed by atoms with Gasteiger partial charge in [-0.15, -0.1) is 13.2 Å². The average Bonchev–Trinajstić information content (AvgIpc) is 2.09. The Morgan fingerprint density at radius 1 is 1.08 bits per heavy atom. The van der Waals surface area contributed by atoms with Crippen LogP contribution in [0.25, 0.3) is 5.57 Å². The van der Waals surface area contributed by atoms with Crippen LogP contribution in [0.5, 0.6) is 0 Å². The van der Waals surface area contributed by atoms with Crippen LogP contribution in [-0.2, 0) is 0 Å². The van der Waals surface area contributed by atoms with Gasteiger partial charge in [-0.25, -0.2) is 0 Å². The summed E-state index contributed by atoms with van der Waals surface area (Å²) in [6, 6.07) is 8.39. The topological polar surface area (TPSA) is 0 Å².